The zero-order valence-corrected chi connectivity index (χ0v) is 25.7. The molecular weight excluding hydrogens is 572 g/mol. The smallest absolute Gasteiger partial charge is 0.305 e. The van der Waals surface area contributed by atoms with Gasteiger partial charge < -0.3 is 9.47 Å². The molecule has 0 N–H and O–H groups in total. The van der Waals surface area contributed by atoms with E-state index >= 15 is 0 Å². The highest BCUT2D eigenvalue weighted by molar-refractivity contribution is 9.09. The monoisotopic (exact) mass is 624 g/mol. The van der Waals surface area contributed by atoms with E-state index < -0.39 is 0 Å². The van der Waals surface area contributed by atoms with Gasteiger partial charge in [-0.25, -0.2) is 0 Å². The van der Waals surface area contributed by atoms with Crippen LogP contribution in [0.5, 0.6) is 0 Å². The average molecular weight is 627 g/mol. The third kappa shape index (κ3) is 30.0. The predicted molar refractivity (Wildman–Crippen MR) is 156 cm³/mol. The first-order valence-electron chi connectivity index (χ1n) is 14.6. The number of ether oxygens (including phenoxy) is 2. The first kappa shape index (κ1) is 34.9. The molecule has 0 aliphatic rings. The molecule has 0 rings (SSSR count). The maximum Gasteiger partial charge on any atom is 0.305 e. The van der Waals surface area contributed by atoms with Gasteiger partial charge in [-0.2, -0.15) is 0 Å². The van der Waals surface area contributed by atoms with Crippen LogP contribution in [0.25, 0.3) is 0 Å². The van der Waals surface area contributed by atoms with Gasteiger partial charge in [-0.15, -0.1) is 0 Å². The number of halogens is 2. The van der Waals surface area contributed by atoms with Crippen molar-refractivity contribution in [2.24, 2.45) is 0 Å². The number of rotatable bonds is 28. The molecule has 0 unspecified atom stereocenters. The normalized spacial score (nSPS) is 11.0. The summed E-state index contributed by atoms with van der Waals surface area (Å²) < 4.78 is 10.5. The lowest BCUT2D eigenvalue weighted by atomic mass is 10.0. The summed E-state index contributed by atoms with van der Waals surface area (Å²) in [5.41, 5.74) is 0. The highest BCUT2D eigenvalue weighted by atomic mass is 79.9. The number of unbranched alkanes of at least 4 members (excludes halogenated alkanes) is 18. The van der Waals surface area contributed by atoms with E-state index in [0.717, 1.165) is 49.2 Å². The van der Waals surface area contributed by atoms with Gasteiger partial charge in [0.2, 0.25) is 0 Å². The lowest BCUT2D eigenvalue weighted by Gasteiger charge is -2.05. The molecular formula is C29H54Br2O4. The Morgan fingerprint density at radius 1 is 0.371 bits per heavy atom. The zero-order chi connectivity index (χ0) is 25.7. The van der Waals surface area contributed by atoms with Crippen LogP contribution in [0.4, 0.5) is 0 Å². The molecule has 0 aromatic rings. The van der Waals surface area contributed by atoms with Crippen LogP contribution < -0.4 is 0 Å². The molecule has 0 saturated heterocycles. The first-order valence-corrected chi connectivity index (χ1v) is 16.9. The molecule has 0 fully saturated rings. The van der Waals surface area contributed by atoms with E-state index in [9.17, 15) is 9.59 Å². The van der Waals surface area contributed by atoms with Crippen LogP contribution in [0.1, 0.15) is 148 Å². The van der Waals surface area contributed by atoms with E-state index in [1.165, 1.54) is 96.3 Å². The molecule has 0 amide bonds. The number of esters is 2. The minimum Gasteiger partial charge on any atom is -0.466 e. The van der Waals surface area contributed by atoms with E-state index in [-0.39, 0.29) is 11.9 Å². The molecule has 0 aromatic heterocycles. The Balaban J connectivity index is 3.12. The number of hydrogen-bond donors (Lipinski definition) is 0. The molecule has 0 aliphatic heterocycles. The standard InChI is InChI=1S/C29H54Br2O4/c30-24-18-16-22-28(32)34-26-20-14-12-10-8-6-4-2-1-3-5-7-9-11-13-15-21-27-35-29(33)23-17-19-25-31/h1-27H2. The topological polar surface area (TPSA) is 52.6 Å². The Bertz CT molecular complexity index is 420. The predicted octanol–water partition coefficient (Wildman–Crippen LogP) is 9.83. The van der Waals surface area contributed by atoms with Crippen molar-refractivity contribution in [1.82, 2.24) is 0 Å². The van der Waals surface area contributed by atoms with Gasteiger partial charge in [-0.3, -0.25) is 9.59 Å². The highest BCUT2D eigenvalue weighted by Crippen LogP contribution is 2.14. The lowest BCUT2D eigenvalue weighted by Crippen LogP contribution is -2.05. The summed E-state index contributed by atoms with van der Waals surface area (Å²) in [7, 11) is 0. The Hall–Kier alpha value is -0.100. The van der Waals surface area contributed by atoms with Gasteiger partial charge in [-0.05, 0) is 38.5 Å². The van der Waals surface area contributed by atoms with Crippen molar-refractivity contribution >= 4 is 43.8 Å². The molecule has 208 valence electrons. The molecule has 0 heterocycles. The number of carbonyl (C=O) groups is 2. The molecule has 0 radical (unpaired) electrons. The van der Waals surface area contributed by atoms with Crippen molar-refractivity contribution in [3.63, 3.8) is 0 Å². The van der Waals surface area contributed by atoms with Crippen molar-refractivity contribution < 1.29 is 19.1 Å². The summed E-state index contributed by atoms with van der Waals surface area (Å²) in [6.45, 7) is 1.20. The Kier molecular flexibility index (Phi) is 30.0. The molecule has 0 atom stereocenters. The minimum atomic E-state index is -0.0332. The molecule has 0 saturated carbocycles. The van der Waals surface area contributed by atoms with Crippen LogP contribution in [0.2, 0.25) is 0 Å². The minimum absolute atomic E-state index is 0.0332. The van der Waals surface area contributed by atoms with Gasteiger partial charge in [0.25, 0.3) is 0 Å². The third-order valence-electron chi connectivity index (χ3n) is 6.34. The first-order chi connectivity index (χ1) is 17.2. The second-order valence-electron chi connectivity index (χ2n) is 9.74. The van der Waals surface area contributed by atoms with E-state index in [4.69, 9.17) is 9.47 Å². The SMILES string of the molecule is O=C(CCCCBr)OCCCCCCCCCCCCCCCCCCCOC(=O)CCCCBr. The van der Waals surface area contributed by atoms with E-state index in [1.54, 1.807) is 0 Å². The number of hydrogen-bond acceptors (Lipinski definition) is 4. The summed E-state index contributed by atoms with van der Waals surface area (Å²) in [6.07, 6.45) is 27.0. The Morgan fingerprint density at radius 3 is 0.886 bits per heavy atom. The molecule has 0 aliphatic carbocycles. The Morgan fingerprint density at radius 2 is 0.629 bits per heavy atom. The van der Waals surface area contributed by atoms with Crippen LogP contribution in [0.15, 0.2) is 0 Å². The largest absolute Gasteiger partial charge is 0.466 e. The van der Waals surface area contributed by atoms with E-state index in [2.05, 4.69) is 31.9 Å². The summed E-state index contributed by atoms with van der Waals surface area (Å²) in [5.74, 6) is -0.0663. The quantitative estimate of drug-likeness (QED) is 0.0493. The fourth-order valence-electron chi connectivity index (χ4n) is 4.10. The van der Waals surface area contributed by atoms with Crippen molar-refractivity contribution in [3.8, 4) is 0 Å². The van der Waals surface area contributed by atoms with E-state index in [0.29, 0.717) is 26.1 Å². The fourth-order valence-corrected chi connectivity index (χ4v) is 4.89. The zero-order valence-electron chi connectivity index (χ0n) is 22.5. The summed E-state index contributed by atoms with van der Waals surface area (Å²) >= 11 is 6.76. The van der Waals surface area contributed by atoms with Crippen molar-refractivity contribution in [1.29, 1.82) is 0 Å². The summed E-state index contributed by atoms with van der Waals surface area (Å²) in [5, 5.41) is 1.92. The van der Waals surface area contributed by atoms with Crippen molar-refractivity contribution in [2.75, 3.05) is 23.9 Å². The molecule has 6 heteroatoms. The lowest BCUT2D eigenvalue weighted by molar-refractivity contribution is -0.144. The third-order valence-corrected chi connectivity index (χ3v) is 7.47. The van der Waals surface area contributed by atoms with Crippen LogP contribution >= 0.6 is 31.9 Å². The molecule has 0 bridgehead atoms. The second-order valence-corrected chi connectivity index (χ2v) is 11.3. The van der Waals surface area contributed by atoms with Gasteiger partial charge in [-0.1, -0.05) is 128 Å². The molecule has 35 heavy (non-hydrogen) atoms. The van der Waals surface area contributed by atoms with Crippen LogP contribution in [-0.2, 0) is 19.1 Å². The van der Waals surface area contributed by atoms with Gasteiger partial charge in [0.15, 0.2) is 0 Å². The van der Waals surface area contributed by atoms with Crippen LogP contribution in [0.3, 0.4) is 0 Å². The van der Waals surface area contributed by atoms with Gasteiger partial charge >= 0.3 is 11.9 Å². The molecule has 4 nitrogen and oxygen atoms in total. The second kappa shape index (κ2) is 30.1. The van der Waals surface area contributed by atoms with Crippen LogP contribution in [-0.4, -0.2) is 35.8 Å². The summed E-state index contributed by atoms with van der Waals surface area (Å²) in [4.78, 5) is 23.0. The number of carbonyl (C=O) groups excluding carboxylic acids is 2. The molecule has 0 spiro atoms. The fraction of sp³-hybridized carbons (Fsp3) is 0.931. The maximum absolute atomic E-state index is 11.5. The highest BCUT2D eigenvalue weighted by Gasteiger charge is 2.03. The van der Waals surface area contributed by atoms with Gasteiger partial charge in [0.05, 0.1) is 13.2 Å². The van der Waals surface area contributed by atoms with E-state index in [1.807, 2.05) is 0 Å². The Labute approximate surface area is 233 Å². The van der Waals surface area contributed by atoms with Crippen LogP contribution in [0, 0.1) is 0 Å². The van der Waals surface area contributed by atoms with Gasteiger partial charge in [0, 0.05) is 23.5 Å². The average Bonchev–Trinajstić information content (AvgIpc) is 2.85. The van der Waals surface area contributed by atoms with Gasteiger partial charge in [0.1, 0.15) is 0 Å². The van der Waals surface area contributed by atoms with Crippen molar-refractivity contribution in [3.05, 3.63) is 0 Å². The number of alkyl halides is 2. The molecule has 0 aromatic carbocycles. The maximum atomic E-state index is 11.5. The summed E-state index contributed by atoms with van der Waals surface area (Å²) in [6, 6.07) is 0. The van der Waals surface area contributed by atoms with Crippen molar-refractivity contribution in [2.45, 2.75) is 148 Å².